The van der Waals surface area contributed by atoms with Crippen molar-refractivity contribution < 1.29 is 4.92 Å². The lowest BCUT2D eigenvalue weighted by Crippen LogP contribution is -2.21. The van der Waals surface area contributed by atoms with Crippen LogP contribution < -0.4 is 5.32 Å². The van der Waals surface area contributed by atoms with Gasteiger partial charge in [0.15, 0.2) is 0 Å². The van der Waals surface area contributed by atoms with Gasteiger partial charge in [0, 0.05) is 31.0 Å². The molecule has 0 spiro atoms. The lowest BCUT2D eigenvalue weighted by atomic mass is 10.1. The van der Waals surface area contributed by atoms with E-state index in [9.17, 15) is 10.1 Å². The fourth-order valence-corrected chi connectivity index (χ4v) is 1.90. The standard InChI is InChI=1S/C13H13N5O2/c1-10(8-17-5-4-15-9-17)16-12-3-2-11(7-14)6-13(12)18(19)20/h2-6,9-10,16H,8H2,1H3. The molecule has 1 aromatic heterocycles. The Labute approximate surface area is 115 Å². The molecule has 0 amide bonds. The number of nitro groups is 1. The van der Waals surface area contributed by atoms with E-state index in [4.69, 9.17) is 5.26 Å². The van der Waals surface area contributed by atoms with Gasteiger partial charge < -0.3 is 9.88 Å². The first-order chi connectivity index (χ1) is 9.60. The fraction of sp³-hybridized carbons (Fsp3) is 0.231. The van der Waals surface area contributed by atoms with Crippen LogP contribution in [0.25, 0.3) is 0 Å². The third kappa shape index (κ3) is 3.11. The zero-order valence-electron chi connectivity index (χ0n) is 10.9. The molecule has 2 rings (SSSR count). The van der Waals surface area contributed by atoms with Crippen molar-refractivity contribution in [3.05, 3.63) is 52.6 Å². The minimum Gasteiger partial charge on any atom is -0.375 e. The molecular weight excluding hydrogens is 258 g/mol. The predicted octanol–water partition coefficient (Wildman–Crippen LogP) is 2.16. The molecule has 1 N–H and O–H groups in total. The van der Waals surface area contributed by atoms with Crippen LogP contribution in [0.15, 0.2) is 36.9 Å². The molecule has 7 heteroatoms. The Balaban J connectivity index is 2.16. The van der Waals surface area contributed by atoms with Gasteiger partial charge in [-0.3, -0.25) is 10.1 Å². The number of benzene rings is 1. The first-order valence-corrected chi connectivity index (χ1v) is 6.01. The molecule has 7 nitrogen and oxygen atoms in total. The van der Waals surface area contributed by atoms with E-state index in [0.717, 1.165) is 0 Å². The van der Waals surface area contributed by atoms with E-state index in [1.54, 1.807) is 24.7 Å². The number of nitrogens with one attached hydrogen (secondary N) is 1. The summed E-state index contributed by atoms with van der Waals surface area (Å²) in [5.74, 6) is 0. The van der Waals surface area contributed by atoms with Gasteiger partial charge in [-0.25, -0.2) is 4.98 Å². The second-order valence-electron chi connectivity index (χ2n) is 4.41. The topological polar surface area (TPSA) is 96.8 Å². The SMILES string of the molecule is CC(Cn1ccnc1)Nc1ccc(C#N)cc1[N+](=O)[O-]. The van der Waals surface area contributed by atoms with Crippen molar-refractivity contribution in [3.8, 4) is 6.07 Å². The molecule has 0 fully saturated rings. The first-order valence-electron chi connectivity index (χ1n) is 6.01. The van der Waals surface area contributed by atoms with Crippen LogP contribution in [0.5, 0.6) is 0 Å². The highest BCUT2D eigenvalue weighted by molar-refractivity contribution is 5.64. The number of aromatic nitrogens is 2. The van der Waals surface area contributed by atoms with Gasteiger partial charge in [-0.1, -0.05) is 0 Å². The summed E-state index contributed by atoms with van der Waals surface area (Å²) >= 11 is 0. The number of rotatable bonds is 5. The van der Waals surface area contributed by atoms with Gasteiger partial charge in [0.2, 0.25) is 0 Å². The number of imidazole rings is 1. The van der Waals surface area contributed by atoms with E-state index in [0.29, 0.717) is 12.2 Å². The molecule has 1 atom stereocenters. The molecule has 1 unspecified atom stereocenters. The third-order valence-electron chi connectivity index (χ3n) is 2.77. The second-order valence-corrected chi connectivity index (χ2v) is 4.41. The van der Waals surface area contributed by atoms with E-state index in [1.807, 2.05) is 23.8 Å². The summed E-state index contributed by atoms with van der Waals surface area (Å²) < 4.78 is 1.88. The zero-order valence-corrected chi connectivity index (χ0v) is 10.9. The van der Waals surface area contributed by atoms with E-state index < -0.39 is 4.92 Å². The molecule has 0 saturated carbocycles. The van der Waals surface area contributed by atoms with E-state index in [-0.39, 0.29) is 17.3 Å². The monoisotopic (exact) mass is 271 g/mol. The van der Waals surface area contributed by atoms with E-state index in [2.05, 4.69) is 10.3 Å². The molecule has 102 valence electrons. The molecule has 2 aromatic rings. The predicted molar refractivity (Wildman–Crippen MR) is 73.1 cm³/mol. The molecule has 0 aliphatic carbocycles. The van der Waals surface area contributed by atoms with Gasteiger partial charge >= 0.3 is 0 Å². The highest BCUT2D eigenvalue weighted by Crippen LogP contribution is 2.26. The van der Waals surface area contributed by atoms with Gasteiger partial charge in [0.1, 0.15) is 5.69 Å². The largest absolute Gasteiger partial charge is 0.375 e. The minimum atomic E-state index is -0.493. The molecule has 20 heavy (non-hydrogen) atoms. The van der Waals surface area contributed by atoms with Crippen LogP contribution in [0.3, 0.4) is 0 Å². The smallest absolute Gasteiger partial charge is 0.293 e. The summed E-state index contributed by atoms with van der Waals surface area (Å²) in [5, 5.41) is 22.9. The number of hydrogen-bond donors (Lipinski definition) is 1. The molecule has 0 bridgehead atoms. The van der Waals surface area contributed by atoms with Crippen molar-refractivity contribution in [2.24, 2.45) is 0 Å². The summed E-state index contributed by atoms with van der Waals surface area (Å²) in [6.45, 7) is 2.55. The molecule has 0 saturated heterocycles. The van der Waals surface area contributed by atoms with E-state index >= 15 is 0 Å². The highest BCUT2D eigenvalue weighted by Gasteiger charge is 2.16. The quantitative estimate of drug-likeness (QED) is 0.664. The van der Waals surface area contributed by atoms with Crippen molar-refractivity contribution in [2.75, 3.05) is 5.32 Å². The van der Waals surface area contributed by atoms with Crippen LogP contribution in [-0.4, -0.2) is 20.5 Å². The van der Waals surface area contributed by atoms with Crippen LogP contribution in [0, 0.1) is 21.4 Å². The van der Waals surface area contributed by atoms with Crippen LogP contribution in [0.4, 0.5) is 11.4 Å². The van der Waals surface area contributed by atoms with Crippen molar-refractivity contribution in [3.63, 3.8) is 0 Å². The second kappa shape index (κ2) is 5.84. The average molecular weight is 271 g/mol. The average Bonchev–Trinajstić information content (AvgIpc) is 2.91. The van der Waals surface area contributed by atoms with Gasteiger partial charge in [0.05, 0.1) is 22.9 Å². The lowest BCUT2D eigenvalue weighted by molar-refractivity contribution is -0.384. The summed E-state index contributed by atoms with van der Waals surface area (Å²) in [6, 6.07) is 6.26. The van der Waals surface area contributed by atoms with Gasteiger partial charge in [-0.05, 0) is 19.1 Å². The maximum absolute atomic E-state index is 11.0. The van der Waals surface area contributed by atoms with Gasteiger partial charge in [-0.2, -0.15) is 5.26 Å². The maximum Gasteiger partial charge on any atom is 0.293 e. The molecule has 1 aromatic carbocycles. The Hall–Kier alpha value is -2.88. The summed E-state index contributed by atoms with van der Waals surface area (Å²) in [4.78, 5) is 14.5. The number of nitrogens with zero attached hydrogens (tertiary/aromatic N) is 4. The van der Waals surface area contributed by atoms with Crippen molar-refractivity contribution >= 4 is 11.4 Å². The Morgan fingerprint density at radius 3 is 3.00 bits per heavy atom. The number of hydrogen-bond acceptors (Lipinski definition) is 5. The number of anilines is 1. The Kier molecular flexibility index (Phi) is 3.96. The third-order valence-corrected chi connectivity index (χ3v) is 2.77. The summed E-state index contributed by atoms with van der Waals surface area (Å²) in [6.07, 6.45) is 5.19. The van der Waals surface area contributed by atoms with Gasteiger partial charge in [0.25, 0.3) is 5.69 Å². The highest BCUT2D eigenvalue weighted by atomic mass is 16.6. The van der Waals surface area contributed by atoms with Crippen molar-refractivity contribution in [1.29, 1.82) is 5.26 Å². The molecule has 0 radical (unpaired) electrons. The zero-order chi connectivity index (χ0) is 14.5. The van der Waals surface area contributed by atoms with Crippen LogP contribution in [0.1, 0.15) is 12.5 Å². The molecular formula is C13H13N5O2. The molecule has 0 aliphatic rings. The first kappa shape index (κ1) is 13.5. The maximum atomic E-state index is 11.0. The van der Waals surface area contributed by atoms with Crippen LogP contribution in [-0.2, 0) is 6.54 Å². The summed E-state index contributed by atoms with van der Waals surface area (Å²) in [7, 11) is 0. The van der Waals surface area contributed by atoms with E-state index in [1.165, 1.54) is 6.07 Å². The molecule has 1 heterocycles. The minimum absolute atomic E-state index is 0.0177. The fourth-order valence-electron chi connectivity index (χ4n) is 1.90. The Morgan fingerprint density at radius 2 is 2.40 bits per heavy atom. The lowest BCUT2D eigenvalue weighted by Gasteiger charge is -2.15. The number of nitriles is 1. The van der Waals surface area contributed by atoms with Crippen LogP contribution >= 0.6 is 0 Å². The normalized spacial score (nSPS) is 11.6. The number of nitro benzene ring substituents is 1. The Morgan fingerprint density at radius 1 is 1.60 bits per heavy atom. The van der Waals surface area contributed by atoms with Crippen molar-refractivity contribution in [2.45, 2.75) is 19.5 Å². The van der Waals surface area contributed by atoms with Crippen LogP contribution in [0.2, 0.25) is 0 Å². The van der Waals surface area contributed by atoms with Gasteiger partial charge in [-0.15, -0.1) is 0 Å². The summed E-state index contributed by atoms with van der Waals surface area (Å²) in [5.41, 5.74) is 0.577. The van der Waals surface area contributed by atoms with Crippen molar-refractivity contribution in [1.82, 2.24) is 9.55 Å². The Bertz CT molecular complexity index is 645. The molecule has 0 aliphatic heterocycles.